The first-order valence-electron chi connectivity index (χ1n) is 12.6. The van der Waals surface area contributed by atoms with Crippen molar-refractivity contribution in [2.75, 3.05) is 5.75 Å². The lowest BCUT2D eigenvalue weighted by Gasteiger charge is -2.41. The Bertz CT molecular complexity index is 1310. The van der Waals surface area contributed by atoms with Gasteiger partial charge in [-0.15, -0.1) is 0 Å². The molecule has 1 fully saturated rings. The van der Waals surface area contributed by atoms with Gasteiger partial charge in [-0.05, 0) is 27.8 Å². The van der Waals surface area contributed by atoms with Crippen LogP contribution in [0.2, 0.25) is 0 Å². The van der Waals surface area contributed by atoms with E-state index in [-0.39, 0.29) is 24.7 Å². The van der Waals surface area contributed by atoms with Crippen LogP contribution in [0.1, 0.15) is 41.6 Å². The van der Waals surface area contributed by atoms with Crippen molar-refractivity contribution in [3.05, 3.63) is 107 Å². The Balaban J connectivity index is 1.41. The summed E-state index contributed by atoms with van der Waals surface area (Å²) in [6.45, 7) is 2.70. The predicted octanol–water partition coefficient (Wildman–Crippen LogP) is 5.62. The first-order chi connectivity index (χ1) is 18.1. The van der Waals surface area contributed by atoms with Crippen LogP contribution in [-0.4, -0.2) is 26.5 Å². The van der Waals surface area contributed by atoms with Crippen molar-refractivity contribution >= 4 is 11.8 Å². The van der Waals surface area contributed by atoms with Crippen LogP contribution < -0.4 is 5.73 Å². The third-order valence-corrected chi connectivity index (χ3v) is 8.15. The average molecular weight is 516 g/mol. The molecule has 0 saturated carbocycles. The lowest BCUT2D eigenvalue weighted by molar-refractivity contribution is -0.268. The van der Waals surface area contributed by atoms with Crippen LogP contribution in [0.4, 0.5) is 0 Å². The number of aliphatic hydroxyl groups is 1. The van der Waals surface area contributed by atoms with Gasteiger partial charge in [0.2, 0.25) is 0 Å². The van der Waals surface area contributed by atoms with Gasteiger partial charge < -0.3 is 24.9 Å². The minimum atomic E-state index is -0.496. The number of imidazole rings is 1. The van der Waals surface area contributed by atoms with Gasteiger partial charge >= 0.3 is 0 Å². The number of thioether (sulfide) groups is 1. The second-order valence-corrected chi connectivity index (χ2v) is 10.4. The van der Waals surface area contributed by atoms with Crippen molar-refractivity contribution in [1.82, 2.24) is 9.55 Å². The number of aliphatic hydroxyl groups excluding tert-OH is 1. The molecule has 3 aromatic carbocycles. The molecule has 192 valence electrons. The molecule has 4 unspecified atom stereocenters. The summed E-state index contributed by atoms with van der Waals surface area (Å²) in [5, 5.41) is 10.4. The molecule has 3 N–H and O–H groups in total. The Labute approximate surface area is 222 Å². The number of aryl methyl sites for hydroxylation is 1. The van der Waals surface area contributed by atoms with Crippen LogP contribution in [0, 0.1) is 5.92 Å². The molecule has 4 aromatic rings. The Morgan fingerprint density at radius 1 is 0.973 bits per heavy atom. The monoisotopic (exact) mass is 515 g/mol. The lowest BCUT2D eigenvalue weighted by atomic mass is 9.91. The fourth-order valence-corrected chi connectivity index (χ4v) is 5.85. The molecule has 0 radical (unpaired) electrons. The highest BCUT2D eigenvalue weighted by atomic mass is 32.2. The summed E-state index contributed by atoms with van der Waals surface area (Å²) in [6, 6.07) is 24.6. The lowest BCUT2D eigenvalue weighted by Crippen LogP contribution is -2.38. The van der Waals surface area contributed by atoms with E-state index in [0.717, 1.165) is 44.3 Å². The SMILES string of the molecule is CC1C(CSc2nccn2C)OC(c2ccc(-c3ccccc3CN)cc2)OC1c1ccc(CO)cc1. The summed E-state index contributed by atoms with van der Waals surface area (Å²) in [5.41, 5.74) is 12.3. The van der Waals surface area contributed by atoms with Crippen LogP contribution in [0.3, 0.4) is 0 Å². The summed E-state index contributed by atoms with van der Waals surface area (Å²) in [4.78, 5) is 4.46. The van der Waals surface area contributed by atoms with E-state index in [1.165, 1.54) is 0 Å². The number of ether oxygens (including phenoxy) is 2. The third kappa shape index (κ3) is 5.66. The van der Waals surface area contributed by atoms with E-state index in [9.17, 15) is 5.11 Å². The zero-order valence-electron chi connectivity index (χ0n) is 21.2. The molecule has 1 saturated heterocycles. The van der Waals surface area contributed by atoms with E-state index in [2.05, 4.69) is 48.3 Å². The van der Waals surface area contributed by atoms with E-state index in [0.29, 0.717) is 6.54 Å². The fraction of sp³-hybridized carbons (Fsp3) is 0.300. The van der Waals surface area contributed by atoms with Gasteiger partial charge in [0.15, 0.2) is 11.4 Å². The van der Waals surface area contributed by atoms with Gasteiger partial charge in [-0.1, -0.05) is 91.5 Å². The van der Waals surface area contributed by atoms with Crippen molar-refractivity contribution in [3.63, 3.8) is 0 Å². The van der Waals surface area contributed by atoms with Gasteiger partial charge in [0, 0.05) is 43.2 Å². The van der Waals surface area contributed by atoms with Crippen molar-refractivity contribution < 1.29 is 14.6 Å². The fourth-order valence-electron chi connectivity index (χ4n) is 4.76. The molecule has 0 bridgehead atoms. The maximum atomic E-state index is 9.48. The molecule has 1 aromatic heterocycles. The van der Waals surface area contributed by atoms with E-state index in [1.54, 1.807) is 11.8 Å². The van der Waals surface area contributed by atoms with Gasteiger partial charge in [0.25, 0.3) is 0 Å². The molecule has 0 aliphatic carbocycles. The topological polar surface area (TPSA) is 82.5 Å². The van der Waals surface area contributed by atoms with Gasteiger partial charge in [-0.3, -0.25) is 0 Å². The Kier molecular flexibility index (Phi) is 8.08. The summed E-state index contributed by atoms with van der Waals surface area (Å²) in [7, 11) is 2.00. The molecule has 1 aliphatic rings. The molecule has 4 atom stereocenters. The number of nitrogens with zero attached hydrogens (tertiary/aromatic N) is 2. The average Bonchev–Trinajstić information content (AvgIpc) is 3.37. The highest BCUT2D eigenvalue weighted by molar-refractivity contribution is 7.99. The van der Waals surface area contributed by atoms with Crippen LogP contribution in [0.5, 0.6) is 0 Å². The molecule has 0 spiro atoms. The summed E-state index contributed by atoms with van der Waals surface area (Å²) >= 11 is 1.69. The van der Waals surface area contributed by atoms with Gasteiger partial charge in [0.05, 0.1) is 18.8 Å². The van der Waals surface area contributed by atoms with Gasteiger partial charge in [-0.25, -0.2) is 4.98 Å². The maximum Gasteiger partial charge on any atom is 0.184 e. The normalized spacial score (nSPS) is 21.7. The van der Waals surface area contributed by atoms with Crippen molar-refractivity contribution in [1.29, 1.82) is 0 Å². The second-order valence-electron chi connectivity index (χ2n) is 9.44. The van der Waals surface area contributed by atoms with Gasteiger partial charge in [0.1, 0.15) is 0 Å². The van der Waals surface area contributed by atoms with E-state index in [4.69, 9.17) is 15.2 Å². The summed E-state index contributed by atoms with van der Waals surface area (Å²) in [5.74, 6) is 0.888. The highest BCUT2D eigenvalue weighted by Crippen LogP contribution is 2.43. The van der Waals surface area contributed by atoms with Crippen LogP contribution in [-0.2, 0) is 29.7 Å². The number of hydrogen-bond acceptors (Lipinski definition) is 6. The number of nitrogens with two attached hydrogens (primary N) is 1. The van der Waals surface area contributed by atoms with Crippen LogP contribution in [0.25, 0.3) is 11.1 Å². The van der Waals surface area contributed by atoms with Gasteiger partial charge in [-0.2, -0.15) is 0 Å². The number of benzene rings is 3. The molecule has 0 amide bonds. The Hall–Kier alpha value is -2.94. The van der Waals surface area contributed by atoms with E-state index in [1.807, 2.05) is 60.4 Å². The first-order valence-corrected chi connectivity index (χ1v) is 13.5. The Morgan fingerprint density at radius 2 is 1.70 bits per heavy atom. The van der Waals surface area contributed by atoms with E-state index >= 15 is 0 Å². The molecule has 6 nitrogen and oxygen atoms in total. The van der Waals surface area contributed by atoms with Crippen molar-refractivity contribution in [2.45, 2.75) is 43.7 Å². The molecule has 2 heterocycles. The molecular weight excluding hydrogens is 482 g/mol. The molecule has 37 heavy (non-hydrogen) atoms. The predicted molar refractivity (Wildman–Crippen MR) is 147 cm³/mol. The Morgan fingerprint density at radius 3 is 2.38 bits per heavy atom. The second kappa shape index (κ2) is 11.6. The standard InChI is InChI=1S/C30H33N3O3S/c1-20-27(19-37-30-32-15-16-33(30)2)35-29(36-28(20)23-9-7-21(18-34)8-10-23)24-13-11-22(12-14-24)26-6-4-3-5-25(26)17-31/h3-16,20,27-29,34H,17-19,31H2,1-2H3. The quantitative estimate of drug-likeness (QED) is 0.296. The molecular formula is C30H33N3O3S. The first kappa shape index (κ1) is 25.7. The number of rotatable bonds is 8. The highest BCUT2D eigenvalue weighted by Gasteiger charge is 2.38. The van der Waals surface area contributed by atoms with E-state index < -0.39 is 6.29 Å². The number of hydrogen-bond donors (Lipinski definition) is 2. The molecule has 5 rings (SSSR count). The molecule has 7 heteroatoms. The van der Waals surface area contributed by atoms with Crippen molar-refractivity contribution in [2.24, 2.45) is 18.7 Å². The molecule has 1 aliphatic heterocycles. The smallest absolute Gasteiger partial charge is 0.184 e. The largest absolute Gasteiger partial charge is 0.392 e. The zero-order chi connectivity index (χ0) is 25.8. The van der Waals surface area contributed by atoms with Crippen molar-refractivity contribution in [3.8, 4) is 11.1 Å². The minimum absolute atomic E-state index is 0.0235. The third-order valence-electron chi connectivity index (χ3n) is 7.01. The minimum Gasteiger partial charge on any atom is -0.392 e. The summed E-state index contributed by atoms with van der Waals surface area (Å²) < 4.78 is 15.2. The zero-order valence-corrected chi connectivity index (χ0v) is 22.0. The van der Waals surface area contributed by atoms with Crippen LogP contribution in [0.15, 0.2) is 90.3 Å². The maximum absolute atomic E-state index is 9.48. The van der Waals surface area contributed by atoms with Crippen LogP contribution >= 0.6 is 11.8 Å². The number of aromatic nitrogens is 2. The summed E-state index contributed by atoms with van der Waals surface area (Å²) in [6.07, 6.45) is 3.09.